The van der Waals surface area contributed by atoms with E-state index in [1.54, 1.807) is 6.08 Å². The van der Waals surface area contributed by atoms with Crippen molar-refractivity contribution in [3.63, 3.8) is 0 Å². The van der Waals surface area contributed by atoms with Gasteiger partial charge >= 0.3 is 12.1 Å². The summed E-state index contributed by atoms with van der Waals surface area (Å²) in [6.45, 7) is 1.56. The molecule has 8 heteroatoms. The van der Waals surface area contributed by atoms with Crippen molar-refractivity contribution in [2.45, 2.75) is 87.8 Å². The maximum absolute atomic E-state index is 15.1. The average Bonchev–Trinajstić information content (AvgIpc) is 3.61. The summed E-state index contributed by atoms with van der Waals surface area (Å²) < 4.78 is 71.2. The van der Waals surface area contributed by atoms with Gasteiger partial charge in [0, 0.05) is 24.4 Å². The van der Waals surface area contributed by atoms with Crippen LogP contribution in [0.3, 0.4) is 0 Å². The molecule has 206 valence electrons. The Hall–Kier alpha value is -2.06. The summed E-state index contributed by atoms with van der Waals surface area (Å²) in [5.41, 5.74) is 0.185. The van der Waals surface area contributed by atoms with E-state index in [-0.39, 0.29) is 43.0 Å². The Morgan fingerprint density at radius 2 is 1.66 bits per heavy atom. The number of aliphatic hydroxyl groups excluding tert-OH is 1. The van der Waals surface area contributed by atoms with E-state index < -0.39 is 41.4 Å². The standard InChI is InChI=1S/C30H33F5O3/c1-27-14-24(17-4-2-16(3-5-17)23-13-19(23)15-36)26-21-9-7-20(37)12-18(21)6-8-22(26)25(27)10-11-28(27,38)29(31,32)30(33,34)35/h2-5,12,19,22-25,36,38H,6-11,13-15H2,1H3/t19-,22?,23-,24-,25?,27+,28+/m1/s1. The van der Waals surface area contributed by atoms with Crippen LogP contribution in [0.25, 0.3) is 0 Å². The minimum absolute atomic E-state index is 0.0154. The topological polar surface area (TPSA) is 57.5 Å². The van der Waals surface area contributed by atoms with Gasteiger partial charge in [0.05, 0.1) is 0 Å². The van der Waals surface area contributed by atoms with Crippen molar-refractivity contribution in [2.24, 2.45) is 23.2 Å². The fraction of sp³-hybridized carbons (Fsp3) is 0.633. The number of hydrogen-bond donors (Lipinski definition) is 2. The second-order valence-electron chi connectivity index (χ2n) is 12.4. The van der Waals surface area contributed by atoms with Crippen LogP contribution >= 0.6 is 0 Å². The van der Waals surface area contributed by atoms with Gasteiger partial charge in [-0.05, 0) is 97.0 Å². The molecule has 0 spiro atoms. The third kappa shape index (κ3) is 3.54. The molecule has 3 nitrogen and oxygen atoms in total. The zero-order valence-corrected chi connectivity index (χ0v) is 21.3. The summed E-state index contributed by atoms with van der Waals surface area (Å²) in [5, 5.41) is 20.8. The summed E-state index contributed by atoms with van der Waals surface area (Å²) in [7, 11) is 0. The predicted molar refractivity (Wildman–Crippen MR) is 131 cm³/mol. The number of fused-ring (bicyclic) bond motifs is 4. The molecule has 2 unspecified atom stereocenters. The van der Waals surface area contributed by atoms with Gasteiger partial charge in [-0.1, -0.05) is 36.8 Å². The van der Waals surface area contributed by atoms with Crippen molar-refractivity contribution in [1.82, 2.24) is 0 Å². The second-order valence-corrected chi connectivity index (χ2v) is 12.4. The van der Waals surface area contributed by atoms with Gasteiger partial charge in [-0.2, -0.15) is 22.0 Å². The predicted octanol–water partition coefficient (Wildman–Crippen LogP) is 6.61. The molecule has 6 rings (SSSR count). The molecule has 1 aromatic rings. The van der Waals surface area contributed by atoms with Crippen LogP contribution in [0.4, 0.5) is 22.0 Å². The van der Waals surface area contributed by atoms with Crippen LogP contribution in [0.2, 0.25) is 0 Å². The van der Waals surface area contributed by atoms with Crippen LogP contribution in [0, 0.1) is 23.2 Å². The van der Waals surface area contributed by atoms with Crippen molar-refractivity contribution in [3.8, 4) is 0 Å². The second kappa shape index (κ2) is 8.47. The Morgan fingerprint density at radius 1 is 0.974 bits per heavy atom. The molecule has 7 atom stereocenters. The lowest BCUT2D eigenvalue weighted by atomic mass is 9.50. The van der Waals surface area contributed by atoms with Crippen molar-refractivity contribution >= 4 is 5.78 Å². The van der Waals surface area contributed by atoms with E-state index in [0.29, 0.717) is 25.7 Å². The third-order valence-electron chi connectivity index (χ3n) is 10.7. The molecule has 0 radical (unpaired) electrons. The molecule has 2 N–H and O–H groups in total. The van der Waals surface area contributed by atoms with Crippen molar-refractivity contribution in [1.29, 1.82) is 0 Å². The van der Waals surface area contributed by atoms with Gasteiger partial charge in [-0.15, -0.1) is 0 Å². The Bertz CT molecular complexity index is 1220. The minimum Gasteiger partial charge on any atom is -0.396 e. The lowest BCUT2D eigenvalue weighted by molar-refractivity contribution is -0.362. The number of carbonyl (C=O) groups is 1. The van der Waals surface area contributed by atoms with Gasteiger partial charge in [0.15, 0.2) is 5.78 Å². The normalized spacial score (nSPS) is 38.9. The summed E-state index contributed by atoms with van der Waals surface area (Å²) >= 11 is 0. The SMILES string of the molecule is C[C@]12C[C@H](c3ccc([C@H]4C[C@@H]4CO)cc3)C3=C4CCC(=O)C=C4CCC3C1CC[C@@]2(O)C(F)(F)C(F)(F)F. The Kier molecular flexibility index (Phi) is 5.83. The summed E-state index contributed by atoms with van der Waals surface area (Å²) in [5.74, 6) is -5.82. The molecule has 3 fully saturated rings. The number of benzene rings is 1. The highest BCUT2D eigenvalue weighted by atomic mass is 19.4. The zero-order chi connectivity index (χ0) is 27.3. The van der Waals surface area contributed by atoms with Gasteiger partial charge in [-0.3, -0.25) is 4.79 Å². The molecule has 0 amide bonds. The van der Waals surface area contributed by atoms with E-state index in [2.05, 4.69) is 0 Å². The molecule has 5 aliphatic carbocycles. The molecule has 38 heavy (non-hydrogen) atoms. The first-order valence-electron chi connectivity index (χ1n) is 13.7. The first kappa shape index (κ1) is 26.2. The first-order valence-corrected chi connectivity index (χ1v) is 13.7. The molecule has 1 aromatic carbocycles. The summed E-state index contributed by atoms with van der Waals surface area (Å²) in [4.78, 5) is 12.2. The Morgan fingerprint density at radius 3 is 2.29 bits per heavy atom. The van der Waals surface area contributed by atoms with Crippen molar-refractivity contribution in [3.05, 3.63) is 58.2 Å². The quantitative estimate of drug-likeness (QED) is 0.426. The molecule has 0 saturated heterocycles. The smallest absolute Gasteiger partial charge is 0.396 e. The minimum atomic E-state index is -5.85. The largest absolute Gasteiger partial charge is 0.456 e. The molecule has 5 aliphatic rings. The number of ketones is 1. The van der Waals surface area contributed by atoms with Crippen LogP contribution in [-0.4, -0.2) is 40.3 Å². The molecular formula is C30H33F5O3. The van der Waals surface area contributed by atoms with Gasteiger partial charge in [-0.25, -0.2) is 0 Å². The van der Waals surface area contributed by atoms with Gasteiger partial charge in [0.2, 0.25) is 0 Å². The van der Waals surface area contributed by atoms with Gasteiger partial charge < -0.3 is 10.2 Å². The maximum atomic E-state index is 15.1. The number of alkyl halides is 5. The zero-order valence-electron chi connectivity index (χ0n) is 21.3. The highest BCUT2D eigenvalue weighted by Crippen LogP contribution is 2.70. The lowest BCUT2D eigenvalue weighted by Crippen LogP contribution is -2.65. The van der Waals surface area contributed by atoms with E-state index in [1.807, 2.05) is 24.3 Å². The molecule has 3 saturated carbocycles. The van der Waals surface area contributed by atoms with Crippen molar-refractivity contribution < 1.29 is 37.0 Å². The lowest BCUT2D eigenvalue weighted by Gasteiger charge is -2.56. The van der Waals surface area contributed by atoms with Gasteiger partial charge in [0.1, 0.15) is 5.60 Å². The number of allylic oxidation sites excluding steroid dienone is 4. The summed E-state index contributed by atoms with van der Waals surface area (Å²) in [6, 6.07) is 7.81. The molecular weight excluding hydrogens is 503 g/mol. The fourth-order valence-corrected chi connectivity index (χ4v) is 8.55. The van der Waals surface area contributed by atoms with Gasteiger partial charge in [0.25, 0.3) is 0 Å². The molecule has 0 aliphatic heterocycles. The number of hydrogen-bond acceptors (Lipinski definition) is 3. The van der Waals surface area contributed by atoms with Crippen LogP contribution in [0.1, 0.15) is 81.3 Å². The van der Waals surface area contributed by atoms with E-state index >= 15 is 8.78 Å². The van der Waals surface area contributed by atoms with Crippen LogP contribution in [0.5, 0.6) is 0 Å². The van der Waals surface area contributed by atoms with Crippen molar-refractivity contribution in [2.75, 3.05) is 6.61 Å². The average molecular weight is 537 g/mol. The third-order valence-corrected chi connectivity index (χ3v) is 10.7. The van der Waals surface area contributed by atoms with Crippen LogP contribution < -0.4 is 0 Å². The monoisotopic (exact) mass is 536 g/mol. The molecule has 0 aromatic heterocycles. The Balaban J connectivity index is 1.47. The number of halogens is 5. The molecule has 0 heterocycles. The number of carbonyl (C=O) groups excluding carboxylic acids is 1. The summed E-state index contributed by atoms with van der Waals surface area (Å²) in [6.07, 6.45) is -1.70. The highest BCUT2D eigenvalue weighted by molar-refractivity contribution is 5.93. The van der Waals surface area contributed by atoms with E-state index in [0.717, 1.165) is 34.3 Å². The Labute approximate surface area is 218 Å². The maximum Gasteiger partial charge on any atom is 0.456 e. The van der Waals surface area contributed by atoms with E-state index in [4.69, 9.17) is 0 Å². The van der Waals surface area contributed by atoms with E-state index in [1.165, 1.54) is 6.92 Å². The number of rotatable bonds is 4. The van der Waals surface area contributed by atoms with E-state index in [9.17, 15) is 28.2 Å². The highest BCUT2D eigenvalue weighted by Gasteiger charge is 2.79. The first-order chi connectivity index (χ1) is 17.8. The van der Waals surface area contributed by atoms with Crippen LogP contribution in [-0.2, 0) is 4.79 Å². The molecule has 0 bridgehead atoms. The number of aliphatic hydroxyl groups is 2. The van der Waals surface area contributed by atoms with Crippen LogP contribution in [0.15, 0.2) is 47.1 Å². The fourth-order valence-electron chi connectivity index (χ4n) is 8.55.